The van der Waals surface area contributed by atoms with Gasteiger partial charge in [0.25, 0.3) is 0 Å². The van der Waals surface area contributed by atoms with E-state index < -0.39 is 0 Å². The first kappa shape index (κ1) is 17.9. The third-order valence-corrected chi connectivity index (χ3v) is 4.81. The van der Waals surface area contributed by atoms with Crippen molar-refractivity contribution in [1.82, 2.24) is 20.3 Å². The van der Waals surface area contributed by atoms with Crippen LogP contribution < -0.4 is 5.32 Å². The summed E-state index contributed by atoms with van der Waals surface area (Å²) >= 11 is 0. The van der Waals surface area contributed by atoms with Gasteiger partial charge in [-0.3, -0.25) is 14.5 Å². The van der Waals surface area contributed by atoms with Crippen molar-refractivity contribution in [2.75, 3.05) is 45.9 Å². The van der Waals surface area contributed by atoms with Crippen LogP contribution in [0.2, 0.25) is 0 Å². The maximum Gasteiger partial charge on any atom is 0.225 e. The number of aromatic nitrogens is 1. The molecular weight excluding hydrogens is 324 g/mol. The van der Waals surface area contributed by atoms with Gasteiger partial charge in [0.05, 0.1) is 25.7 Å². The van der Waals surface area contributed by atoms with Crippen LogP contribution in [0.1, 0.15) is 25.0 Å². The zero-order valence-electron chi connectivity index (χ0n) is 14.5. The van der Waals surface area contributed by atoms with E-state index in [-0.39, 0.29) is 17.7 Å². The SMILES string of the molecule is O=C(NCc1ccon1)[C@@H]1CCC(=O)N(CCCN2CCOCC2)C1. The lowest BCUT2D eigenvalue weighted by Gasteiger charge is -2.33. The smallest absolute Gasteiger partial charge is 0.225 e. The molecule has 2 aliphatic rings. The summed E-state index contributed by atoms with van der Waals surface area (Å²) in [5.41, 5.74) is 0.697. The highest BCUT2D eigenvalue weighted by atomic mass is 16.5. The quantitative estimate of drug-likeness (QED) is 0.759. The molecule has 8 nitrogen and oxygen atoms in total. The molecule has 0 radical (unpaired) electrons. The summed E-state index contributed by atoms with van der Waals surface area (Å²) in [4.78, 5) is 28.7. The second-order valence-corrected chi connectivity index (χ2v) is 6.59. The standard InChI is InChI=1S/C17H26N4O4/c22-16-3-2-14(17(23)18-12-15-4-9-25-19-15)13-21(16)6-1-5-20-7-10-24-11-8-20/h4,9,14H,1-3,5-8,10-13H2,(H,18,23)/t14-/m1/s1. The normalized spacial score (nSPS) is 22.2. The highest BCUT2D eigenvalue weighted by Crippen LogP contribution is 2.18. The van der Waals surface area contributed by atoms with Crippen molar-refractivity contribution in [3.8, 4) is 0 Å². The van der Waals surface area contributed by atoms with Crippen molar-refractivity contribution in [3.63, 3.8) is 0 Å². The summed E-state index contributed by atoms with van der Waals surface area (Å²) in [5.74, 6) is -0.0100. The van der Waals surface area contributed by atoms with Gasteiger partial charge in [0.2, 0.25) is 11.8 Å². The number of hydrogen-bond donors (Lipinski definition) is 1. The fraction of sp³-hybridized carbons (Fsp3) is 0.706. The summed E-state index contributed by atoms with van der Waals surface area (Å²) < 4.78 is 10.1. The first-order chi connectivity index (χ1) is 12.2. The van der Waals surface area contributed by atoms with E-state index in [1.807, 2.05) is 4.90 Å². The van der Waals surface area contributed by atoms with E-state index in [9.17, 15) is 9.59 Å². The Labute approximate surface area is 147 Å². The Morgan fingerprint density at radius 2 is 2.16 bits per heavy atom. The van der Waals surface area contributed by atoms with E-state index >= 15 is 0 Å². The second kappa shape index (κ2) is 8.96. The summed E-state index contributed by atoms with van der Waals surface area (Å²) in [6, 6.07) is 1.72. The third-order valence-electron chi connectivity index (χ3n) is 4.81. The number of carbonyl (C=O) groups excluding carboxylic acids is 2. The van der Waals surface area contributed by atoms with Crippen LogP contribution >= 0.6 is 0 Å². The molecule has 2 amide bonds. The van der Waals surface area contributed by atoms with Crippen LogP contribution in [0.3, 0.4) is 0 Å². The Bertz CT molecular complexity index is 557. The highest BCUT2D eigenvalue weighted by molar-refractivity contribution is 5.83. The van der Waals surface area contributed by atoms with Gasteiger partial charge in [-0.2, -0.15) is 0 Å². The number of nitrogens with zero attached hydrogens (tertiary/aromatic N) is 3. The van der Waals surface area contributed by atoms with Gasteiger partial charge in [-0.05, 0) is 12.8 Å². The fourth-order valence-corrected chi connectivity index (χ4v) is 3.31. The monoisotopic (exact) mass is 350 g/mol. The van der Waals surface area contributed by atoms with Gasteiger partial charge in [0.1, 0.15) is 12.0 Å². The number of piperidine rings is 1. The average molecular weight is 350 g/mol. The molecule has 0 aromatic carbocycles. The number of hydrogen-bond acceptors (Lipinski definition) is 6. The number of nitrogens with one attached hydrogen (secondary N) is 1. The number of morpholine rings is 1. The number of amides is 2. The summed E-state index contributed by atoms with van der Waals surface area (Å²) in [6.45, 7) is 6.04. The van der Waals surface area contributed by atoms with Crippen molar-refractivity contribution >= 4 is 11.8 Å². The maximum atomic E-state index is 12.3. The van der Waals surface area contributed by atoms with Gasteiger partial charge in [0.15, 0.2) is 0 Å². The molecule has 3 rings (SSSR count). The Morgan fingerprint density at radius 1 is 1.32 bits per heavy atom. The van der Waals surface area contributed by atoms with Crippen molar-refractivity contribution in [2.45, 2.75) is 25.8 Å². The van der Waals surface area contributed by atoms with E-state index in [1.165, 1.54) is 6.26 Å². The molecule has 2 aliphatic heterocycles. The Balaban J connectivity index is 1.40. The van der Waals surface area contributed by atoms with E-state index in [1.54, 1.807) is 6.07 Å². The maximum absolute atomic E-state index is 12.3. The van der Waals surface area contributed by atoms with Crippen molar-refractivity contribution in [3.05, 3.63) is 18.0 Å². The van der Waals surface area contributed by atoms with Gasteiger partial charge < -0.3 is 19.5 Å². The van der Waals surface area contributed by atoms with Crippen molar-refractivity contribution < 1.29 is 18.8 Å². The molecule has 0 bridgehead atoms. The summed E-state index contributed by atoms with van der Waals surface area (Å²) in [7, 11) is 0. The van der Waals surface area contributed by atoms with Crippen molar-refractivity contribution in [2.24, 2.45) is 5.92 Å². The molecule has 2 saturated heterocycles. The van der Waals surface area contributed by atoms with Gasteiger partial charge in [0, 0.05) is 45.2 Å². The fourth-order valence-electron chi connectivity index (χ4n) is 3.31. The molecule has 0 aliphatic carbocycles. The molecular formula is C17H26N4O4. The number of carbonyl (C=O) groups is 2. The minimum absolute atomic E-state index is 0.0197. The van der Waals surface area contributed by atoms with Gasteiger partial charge in [-0.1, -0.05) is 5.16 Å². The van der Waals surface area contributed by atoms with E-state index in [0.29, 0.717) is 38.2 Å². The molecule has 1 aromatic rings. The molecule has 25 heavy (non-hydrogen) atoms. The van der Waals surface area contributed by atoms with Crippen LogP contribution in [0.5, 0.6) is 0 Å². The molecule has 0 spiro atoms. The van der Waals surface area contributed by atoms with E-state index in [4.69, 9.17) is 9.26 Å². The minimum Gasteiger partial charge on any atom is -0.379 e. The van der Waals surface area contributed by atoms with Crippen LogP contribution in [0.4, 0.5) is 0 Å². The lowest BCUT2D eigenvalue weighted by atomic mass is 9.96. The molecule has 1 aromatic heterocycles. The molecule has 138 valence electrons. The van der Waals surface area contributed by atoms with Crippen LogP contribution in [0, 0.1) is 5.92 Å². The van der Waals surface area contributed by atoms with Crippen molar-refractivity contribution in [1.29, 1.82) is 0 Å². The molecule has 0 saturated carbocycles. The predicted octanol–water partition coefficient (Wildman–Crippen LogP) is 0.252. The largest absolute Gasteiger partial charge is 0.379 e. The average Bonchev–Trinajstić information content (AvgIpc) is 3.16. The van der Waals surface area contributed by atoms with E-state index in [2.05, 4.69) is 15.4 Å². The lowest BCUT2D eigenvalue weighted by molar-refractivity contribution is -0.138. The summed E-state index contributed by atoms with van der Waals surface area (Å²) in [6.07, 6.45) is 3.47. The Hall–Kier alpha value is -1.93. The number of likely N-dealkylation sites (tertiary alicyclic amines) is 1. The van der Waals surface area contributed by atoms with E-state index in [0.717, 1.165) is 39.3 Å². The zero-order chi connectivity index (χ0) is 17.5. The van der Waals surface area contributed by atoms with Crippen LogP contribution in [0.15, 0.2) is 16.9 Å². The topological polar surface area (TPSA) is 87.9 Å². The molecule has 0 unspecified atom stereocenters. The van der Waals surface area contributed by atoms with Gasteiger partial charge in [-0.15, -0.1) is 0 Å². The second-order valence-electron chi connectivity index (χ2n) is 6.59. The third kappa shape index (κ3) is 5.27. The van der Waals surface area contributed by atoms with Crippen LogP contribution in [0.25, 0.3) is 0 Å². The molecule has 3 heterocycles. The first-order valence-corrected chi connectivity index (χ1v) is 8.97. The summed E-state index contributed by atoms with van der Waals surface area (Å²) in [5, 5.41) is 6.65. The highest BCUT2D eigenvalue weighted by Gasteiger charge is 2.30. The zero-order valence-corrected chi connectivity index (χ0v) is 14.5. The molecule has 8 heteroatoms. The Kier molecular flexibility index (Phi) is 6.41. The molecule has 2 fully saturated rings. The molecule has 1 N–H and O–H groups in total. The Morgan fingerprint density at radius 3 is 2.92 bits per heavy atom. The van der Waals surface area contributed by atoms with Gasteiger partial charge >= 0.3 is 0 Å². The number of rotatable bonds is 7. The molecule has 1 atom stereocenters. The van der Waals surface area contributed by atoms with Gasteiger partial charge in [-0.25, -0.2) is 0 Å². The number of ether oxygens (including phenoxy) is 1. The first-order valence-electron chi connectivity index (χ1n) is 8.97. The van der Waals surface area contributed by atoms with Crippen LogP contribution in [-0.4, -0.2) is 72.7 Å². The van der Waals surface area contributed by atoms with Crippen LogP contribution in [-0.2, 0) is 20.9 Å². The predicted molar refractivity (Wildman–Crippen MR) is 89.5 cm³/mol. The minimum atomic E-state index is -0.145. The lowest BCUT2D eigenvalue weighted by Crippen LogP contribution is -2.46.